The van der Waals surface area contributed by atoms with Crippen molar-refractivity contribution in [2.24, 2.45) is 11.8 Å². The zero-order valence-corrected chi connectivity index (χ0v) is 12.4. The summed E-state index contributed by atoms with van der Waals surface area (Å²) in [4.78, 5) is 6.49. The van der Waals surface area contributed by atoms with Crippen LogP contribution in [0, 0.1) is 11.8 Å². The predicted octanol–water partition coefficient (Wildman–Crippen LogP) is 4.14. The molecule has 2 heterocycles. The van der Waals surface area contributed by atoms with E-state index in [9.17, 15) is 0 Å². The number of halogens is 1. The van der Waals surface area contributed by atoms with E-state index in [-0.39, 0.29) is 0 Å². The molecule has 1 saturated carbocycles. The third-order valence-electron chi connectivity index (χ3n) is 3.77. The number of rotatable bonds is 2. The van der Waals surface area contributed by atoms with Crippen molar-refractivity contribution in [3.05, 3.63) is 23.5 Å². The van der Waals surface area contributed by atoms with E-state index in [1.807, 2.05) is 0 Å². The molecule has 1 fully saturated rings. The van der Waals surface area contributed by atoms with Gasteiger partial charge < -0.3 is 0 Å². The van der Waals surface area contributed by atoms with E-state index in [1.165, 1.54) is 25.0 Å². The monoisotopic (exact) mass is 312 g/mol. The minimum Gasteiger partial charge on any atom is -0.297 e. The molecule has 1 aliphatic carbocycles. The number of aromatic nitrogens is 2. The molecule has 2 nitrogen and oxygen atoms in total. The van der Waals surface area contributed by atoms with Gasteiger partial charge >= 0.3 is 0 Å². The lowest BCUT2D eigenvalue weighted by molar-refractivity contribution is 0.293. The van der Waals surface area contributed by atoms with E-state index in [0.29, 0.717) is 4.83 Å². The lowest BCUT2D eigenvalue weighted by atomic mass is 9.80. The molecule has 4 heteroatoms. The van der Waals surface area contributed by atoms with E-state index in [2.05, 4.69) is 50.0 Å². The summed E-state index contributed by atoms with van der Waals surface area (Å²) in [5, 5.41) is 2.09. The number of imidazole rings is 1. The van der Waals surface area contributed by atoms with Crippen molar-refractivity contribution in [2.45, 2.75) is 37.4 Å². The van der Waals surface area contributed by atoms with Gasteiger partial charge in [-0.15, -0.1) is 11.3 Å². The van der Waals surface area contributed by atoms with Crippen LogP contribution in [0.2, 0.25) is 0 Å². The van der Waals surface area contributed by atoms with Gasteiger partial charge in [-0.25, -0.2) is 4.98 Å². The molecule has 1 aliphatic rings. The lowest BCUT2D eigenvalue weighted by Crippen LogP contribution is -2.25. The number of hydrogen-bond acceptors (Lipinski definition) is 2. The van der Waals surface area contributed by atoms with Gasteiger partial charge in [-0.05, 0) is 37.5 Å². The molecule has 3 rings (SSSR count). The molecule has 3 unspecified atom stereocenters. The predicted molar refractivity (Wildman–Crippen MR) is 76.0 cm³/mol. The molecule has 0 radical (unpaired) electrons. The summed E-state index contributed by atoms with van der Waals surface area (Å²) in [5.41, 5.74) is 1.25. The van der Waals surface area contributed by atoms with Crippen LogP contribution >= 0.6 is 27.3 Å². The number of nitrogens with zero attached hydrogens (tertiary/aromatic N) is 2. The minimum atomic E-state index is 0.679. The summed E-state index contributed by atoms with van der Waals surface area (Å²) < 4.78 is 2.13. The van der Waals surface area contributed by atoms with Crippen LogP contribution in [-0.2, 0) is 6.42 Å². The molecule has 0 saturated heterocycles. The Morgan fingerprint density at radius 1 is 1.53 bits per heavy atom. The summed E-state index contributed by atoms with van der Waals surface area (Å²) >= 11 is 5.55. The van der Waals surface area contributed by atoms with Crippen LogP contribution in [0.5, 0.6) is 0 Å². The fourth-order valence-corrected chi connectivity index (χ4v) is 4.20. The highest BCUT2D eigenvalue weighted by Crippen LogP contribution is 2.35. The molecule has 0 spiro atoms. The fraction of sp³-hybridized carbons (Fsp3) is 0.615. The van der Waals surface area contributed by atoms with Crippen LogP contribution in [0.1, 0.15) is 31.9 Å². The van der Waals surface area contributed by atoms with Crippen molar-refractivity contribution in [1.82, 2.24) is 9.38 Å². The summed E-state index contributed by atoms with van der Waals surface area (Å²) in [6.45, 7) is 2.37. The maximum atomic E-state index is 4.69. The van der Waals surface area contributed by atoms with Gasteiger partial charge in [0, 0.05) is 22.6 Å². The van der Waals surface area contributed by atoms with Gasteiger partial charge in [-0.2, -0.15) is 0 Å². The Bertz CT molecular complexity index is 476. The first-order valence-corrected chi connectivity index (χ1v) is 8.07. The second-order valence-corrected chi connectivity index (χ2v) is 7.27. The zero-order chi connectivity index (χ0) is 11.8. The number of hydrogen-bond donors (Lipinski definition) is 0. The minimum absolute atomic E-state index is 0.679. The van der Waals surface area contributed by atoms with E-state index in [1.54, 1.807) is 11.3 Å². The third kappa shape index (κ3) is 2.43. The van der Waals surface area contributed by atoms with Crippen LogP contribution in [-0.4, -0.2) is 14.2 Å². The summed E-state index contributed by atoms with van der Waals surface area (Å²) in [7, 11) is 0. The van der Waals surface area contributed by atoms with Crippen molar-refractivity contribution < 1.29 is 0 Å². The molecule has 2 aromatic rings. The van der Waals surface area contributed by atoms with Gasteiger partial charge in [0.2, 0.25) is 0 Å². The molecule has 3 atom stereocenters. The molecule has 0 aromatic carbocycles. The van der Waals surface area contributed by atoms with Gasteiger partial charge in [0.15, 0.2) is 4.96 Å². The Kier molecular flexibility index (Phi) is 3.26. The standard InChI is InChI=1S/C13H17BrN2S/c1-9-2-3-12(14)10(6-9)7-11-8-16-4-5-17-13(16)15-11/h4-5,8-10,12H,2-3,6-7H2,1H3. The highest BCUT2D eigenvalue weighted by Gasteiger charge is 2.27. The molecule has 0 bridgehead atoms. The summed E-state index contributed by atoms with van der Waals surface area (Å²) in [6.07, 6.45) is 9.41. The van der Waals surface area contributed by atoms with Gasteiger partial charge in [0.25, 0.3) is 0 Å². The molecular weight excluding hydrogens is 296 g/mol. The van der Waals surface area contributed by atoms with E-state index < -0.39 is 0 Å². The second-order valence-electron chi connectivity index (χ2n) is 5.22. The molecule has 0 amide bonds. The molecular formula is C13H17BrN2S. The second kappa shape index (κ2) is 4.73. The van der Waals surface area contributed by atoms with Crippen molar-refractivity contribution in [2.75, 3.05) is 0 Å². The summed E-state index contributed by atoms with van der Waals surface area (Å²) in [5.74, 6) is 1.63. The molecule has 0 aliphatic heterocycles. The van der Waals surface area contributed by atoms with Crippen molar-refractivity contribution >= 4 is 32.2 Å². The highest BCUT2D eigenvalue weighted by molar-refractivity contribution is 9.09. The Hall–Kier alpha value is -0.350. The quantitative estimate of drug-likeness (QED) is 0.762. The number of thiazole rings is 1. The molecule has 2 aromatic heterocycles. The van der Waals surface area contributed by atoms with Crippen LogP contribution in [0.4, 0.5) is 0 Å². The number of alkyl halides is 1. The van der Waals surface area contributed by atoms with Crippen molar-refractivity contribution in [3.8, 4) is 0 Å². The number of fused-ring (bicyclic) bond motifs is 1. The average Bonchev–Trinajstić information content (AvgIpc) is 2.83. The first-order chi connectivity index (χ1) is 8.22. The average molecular weight is 313 g/mol. The van der Waals surface area contributed by atoms with Crippen LogP contribution in [0.3, 0.4) is 0 Å². The summed E-state index contributed by atoms with van der Waals surface area (Å²) in [6, 6.07) is 0. The van der Waals surface area contributed by atoms with E-state index in [0.717, 1.165) is 23.2 Å². The maximum absolute atomic E-state index is 4.69. The van der Waals surface area contributed by atoms with E-state index >= 15 is 0 Å². The van der Waals surface area contributed by atoms with Gasteiger partial charge in [0.05, 0.1) is 5.69 Å². The zero-order valence-electron chi connectivity index (χ0n) is 9.97. The van der Waals surface area contributed by atoms with Crippen molar-refractivity contribution in [1.29, 1.82) is 0 Å². The fourth-order valence-electron chi connectivity index (χ4n) is 2.82. The highest BCUT2D eigenvalue weighted by atomic mass is 79.9. The molecule has 92 valence electrons. The lowest BCUT2D eigenvalue weighted by Gasteiger charge is -2.31. The van der Waals surface area contributed by atoms with Gasteiger partial charge in [-0.3, -0.25) is 4.40 Å². The Balaban J connectivity index is 1.75. The Morgan fingerprint density at radius 3 is 3.24 bits per heavy atom. The topological polar surface area (TPSA) is 17.3 Å². The van der Waals surface area contributed by atoms with Crippen molar-refractivity contribution in [3.63, 3.8) is 0 Å². The van der Waals surface area contributed by atoms with Crippen LogP contribution in [0.15, 0.2) is 17.8 Å². The maximum Gasteiger partial charge on any atom is 0.193 e. The Labute approximate surface area is 114 Å². The van der Waals surface area contributed by atoms with Crippen LogP contribution < -0.4 is 0 Å². The SMILES string of the molecule is CC1CCC(Br)C(Cc2cn3ccsc3n2)C1. The molecule has 0 N–H and O–H groups in total. The first-order valence-electron chi connectivity index (χ1n) is 6.27. The van der Waals surface area contributed by atoms with Crippen LogP contribution in [0.25, 0.3) is 4.96 Å². The third-order valence-corrected chi connectivity index (χ3v) is 5.74. The Morgan fingerprint density at radius 2 is 2.41 bits per heavy atom. The van der Waals surface area contributed by atoms with E-state index in [4.69, 9.17) is 0 Å². The normalized spacial score (nSPS) is 29.9. The van der Waals surface area contributed by atoms with Gasteiger partial charge in [0.1, 0.15) is 0 Å². The van der Waals surface area contributed by atoms with Gasteiger partial charge in [-0.1, -0.05) is 22.9 Å². The largest absolute Gasteiger partial charge is 0.297 e. The molecule has 17 heavy (non-hydrogen) atoms. The first kappa shape index (κ1) is 11.7. The smallest absolute Gasteiger partial charge is 0.193 e.